The minimum Gasteiger partial charge on any atom is -0.342 e. The van der Waals surface area contributed by atoms with Crippen molar-refractivity contribution < 1.29 is 4.79 Å². The van der Waals surface area contributed by atoms with Gasteiger partial charge in [0.25, 0.3) is 5.91 Å². The van der Waals surface area contributed by atoms with Gasteiger partial charge in [0.1, 0.15) is 0 Å². The van der Waals surface area contributed by atoms with E-state index >= 15 is 0 Å². The van der Waals surface area contributed by atoms with Crippen molar-refractivity contribution in [3.8, 4) is 0 Å². The second-order valence-electron chi connectivity index (χ2n) is 5.41. The Morgan fingerprint density at radius 1 is 1.30 bits per heavy atom. The average molecular weight is 333 g/mol. The molecule has 2 aromatic rings. The second-order valence-corrected chi connectivity index (χ2v) is 5.82. The van der Waals surface area contributed by atoms with Crippen molar-refractivity contribution in [2.45, 2.75) is 26.7 Å². The summed E-state index contributed by atoms with van der Waals surface area (Å²) in [5.41, 5.74) is 2.26. The summed E-state index contributed by atoms with van der Waals surface area (Å²) in [5, 5.41) is 3.79. The van der Waals surface area contributed by atoms with E-state index in [1.165, 1.54) is 0 Å². The van der Waals surface area contributed by atoms with Crippen LogP contribution in [0, 0.1) is 6.92 Å². The van der Waals surface area contributed by atoms with Crippen molar-refractivity contribution in [1.82, 2.24) is 14.9 Å². The van der Waals surface area contributed by atoms with Crippen molar-refractivity contribution in [2.75, 3.05) is 18.9 Å². The summed E-state index contributed by atoms with van der Waals surface area (Å²) >= 11 is 6.09. The molecule has 1 N–H and O–H groups in total. The molecule has 1 aromatic heterocycles. The minimum absolute atomic E-state index is 0.0658. The number of hydrogen-bond acceptors (Lipinski definition) is 4. The molecule has 0 fully saturated rings. The molecule has 0 aliphatic carbocycles. The Morgan fingerprint density at radius 2 is 2.00 bits per heavy atom. The summed E-state index contributed by atoms with van der Waals surface area (Å²) in [6.45, 7) is 4.75. The number of amides is 1. The van der Waals surface area contributed by atoms with Gasteiger partial charge in [-0.3, -0.25) is 4.79 Å². The summed E-state index contributed by atoms with van der Waals surface area (Å²) in [7, 11) is 1.79. The van der Waals surface area contributed by atoms with Crippen LogP contribution in [0.25, 0.3) is 0 Å². The van der Waals surface area contributed by atoms with Crippen LogP contribution in [0.2, 0.25) is 5.02 Å². The van der Waals surface area contributed by atoms with Gasteiger partial charge in [0.05, 0.1) is 5.56 Å². The van der Waals surface area contributed by atoms with Gasteiger partial charge in [0.2, 0.25) is 5.95 Å². The first kappa shape index (κ1) is 17.2. The molecule has 0 aliphatic heterocycles. The predicted molar refractivity (Wildman–Crippen MR) is 93.4 cm³/mol. The maximum Gasteiger partial charge on any atom is 0.256 e. The molecule has 0 unspecified atom stereocenters. The van der Waals surface area contributed by atoms with Gasteiger partial charge in [0.15, 0.2) is 0 Å². The van der Waals surface area contributed by atoms with Crippen molar-refractivity contribution in [3.05, 3.63) is 46.7 Å². The van der Waals surface area contributed by atoms with Crippen LogP contribution in [0.4, 0.5) is 11.6 Å². The molecule has 0 bridgehead atoms. The van der Waals surface area contributed by atoms with Crippen LogP contribution in [-0.4, -0.2) is 34.4 Å². The fourth-order valence-electron chi connectivity index (χ4n) is 2.08. The lowest BCUT2D eigenvalue weighted by Gasteiger charge is -2.16. The quantitative estimate of drug-likeness (QED) is 0.866. The zero-order valence-electron chi connectivity index (χ0n) is 13.6. The van der Waals surface area contributed by atoms with Crippen molar-refractivity contribution in [2.24, 2.45) is 0 Å². The third-order valence-corrected chi connectivity index (χ3v) is 4.02. The first-order chi connectivity index (χ1) is 11.0. The minimum atomic E-state index is -0.0658. The van der Waals surface area contributed by atoms with E-state index in [1.54, 1.807) is 24.3 Å². The van der Waals surface area contributed by atoms with Gasteiger partial charge >= 0.3 is 0 Å². The van der Waals surface area contributed by atoms with Gasteiger partial charge in [-0.05, 0) is 31.0 Å². The topological polar surface area (TPSA) is 58.1 Å². The lowest BCUT2D eigenvalue weighted by atomic mass is 10.2. The molecular weight excluding hydrogens is 312 g/mol. The third kappa shape index (κ3) is 4.42. The van der Waals surface area contributed by atoms with Crippen molar-refractivity contribution >= 4 is 29.1 Å². The van der Waals surface area contributed by atoms with Gasteiger partial charge in [-0.2, -0.15) is 0 Å². The summed E-state index contributed by atoms with van der Waals surface area (Å²) in [6.07, 6.45) is 5.12. The number of nitrogens with zero attached hydrogens (tertiary/aromatic N) is 3. The van der Waals surface area contributed by atoms with Crippen LogP contribution in [0.15, 0.2) is 30.6 Å². The lowest BCUT2D eigenvalue weighted by Crippen LogP contribution is -2.27. The molecular formula is C17H21ClN4O. The van der Waals surface area contributed by atoms with Crippen molar-refractivity contribution in [3.63, 3.8) is 0 Å². The van der Waals surface area contributed by atoms with Crippen LogP contribution in [0.1, 0.15) is 35.7 Å². The van der Waals surface area contributed by atoms with E-state index in [-0.39, 0.29) is 5.91 Å². The summed E-state index contributed by atoms with van der Waals surface area (Å²) < 4.78 is 0. The number of anilines is 2. The smallest absolute Gasteiger partial charge is 0.256 e. The van der Waals surface area contributed by atoms with E-state index < -0.39 is 0 Å². The number of carbonyl (C=O) groups is 1. The molecule has 0 saturated heterocycles. The van der Waals surface area contributed by atoms with Crippen LogP contribution < -0.4 is 5.32 Å². The molecule has 0 radical (unpaired) electrons. The van der Waals surface area contributed by atoms with E-state index in [1.807, 2.05) is 25.1 Å². The summed E-state index contributed by atoms with van der Waals surface area (Å²) in [6, 6.07) is 5.59. The Bertz CT molecular complexity index is 673. The molecule has 122 valence electrons. The number of carbonyl (C=O) groups excluding carboxylic acids is 1. The fourth-order valence-corrected chi connectivity index (χ4v) is 2.26. The Morgan fingerprint density at radius 3 is 2.65 bits per heavy atom. The molecule has 5 nitrogen and oxygen atoms in total. The third-order valence-electron chi connectivity index (χ3n) is 3.61. The van der Waals surface area contributed by atoms with Gasteiger partial charge in [-0.15, -0.1) is 0 Å². The predicted octanol–water partition coefficient (Wildman–Crippen LogP) is 4.05. The Balaban J connectivity index is 2.07. The van der Waals surface area contributed by atoms with E-state index in [4.69, 9.17) is 11.6 Å². The van der Waals surface area contributed by atoms with Gasteiger partial charge in [-0.25, -0.2) is 9.97 Å². The number of unbranched alkanes of at least 4 members (excludes halogenated alkanes) is 1. The molecule has 0 spiro atoms. The first-order valence-corrected chi connectivity index (χ1v) is 8.00. The Kier molecular flexibility index (Phi) is 5.93. The number of aromatic nitrogens is 2. The Hall–Kier alpha value is -2.14. The van der Waals surface area contributed by atoms with Crippen LogP contribution >= 0.6 is 11.6 Å². The molecule has 0 aliphatic rings. The Labute approximate surface area is 141 Å². The maximum absolute atomic E-state index is 12.2. The first-order valence-electron chi connectivity index (χ1n) is 7.62. The molecule has 0 saturated carbocycles. The highest BCUT2D eigenvalue weighted by Gasteiger charge is 2.12. The average Bonchev–Trinajstić information content (AvgIpc) is 2.57. The van der Waals surface area contributed by atoms with Crippen LogP contribution in [-0.2, 0) is 0 Å². The normalized spacial score (nSPS) is 10.4. The number of benzene rings is 1. The number of nitrogens with one attached hydrogen (secondary N) is 1. The molecule has 2 rings (SSSR count). The highest BCUT2D eigenvalue weighted by atomic mass is 35.5. The van der Waals surface area contributed by atoms with E-state index in [0.717, 1.165) is 30.6 Å². The molecule has 1 amide bonds. The molecule has 0 atom stereocenters. The summed E-state index contributed by atoms with van der Waals surface area (Å²) in [4.78, 5) is 22.3. The van der Waals surface area contributed by atoms with Crippen molar-refractivity contribution in [1.29, 1.82) is 0 Å². The highest BCUT2D eigenvalue weighted by Crippen LogP contribution is 2.24. The van der Waals surface area contributed by atoms with E-state index in [0.29, 0.717) is 16.5 Å². The standard InChI is InChI=1S/C17H21ClN4O/c1-4-5-9-22(3)16(23)13-10-19-17(20-11-13)21-15-8-6-7-14(18)12(15)2/h6-8,10-11H,4-5,9H2,1-3H3,(H,19,20,21). The molecule has 1 heterocycles. The lowest BCUT2D eigenvalue weighted by molar-refractivity contribution is 0.0792. The summed E-state index contributed by atoms with van der Waals surface area (Å²) in [5.74, 6) is 0.368. The SMILES string of the molecule is CCCCN(C)C(=O)c1cnc(Nc2cccc(Cl)c2C)nc1. The molecule has 23 heavy (non-hydrogen) atoms. The van der Waals surface area contributed by atoms with Gasteiger partial charge < -0.3 is 10.2 Å². The van der Waals surface area contributed by atoms with Crippen LogP contribution in [0.3, 0.4) is 0 Å². The zero-order chi connectivity index (χ0) is 16.8. The van der Waals surface area contributed by atoms with E-state index in [9.17, 15) is 4.79 Å². The number of rotatable bonds is 6. The van der Waals surface area contributed by atoms with Gasteiger partial charge in [0, 0.05) is 36.7 Å². The maximum atomic E-state index is 12.2. The fraction of sp³-hybridized carbons (Fsp3) is 0.353. The van der Waals surface area contributed by atoms with E-state index in [2.05, 4.69) is 22.2 Å². The number of halogens is 1. The second kappa shape index (κ2) is 7.92. The molecule has 1 aromatic carbocycles. The zero-order valence-corrected chi connectivity index (χ0v) is 14.4. The monoisotopic (exact) mass is 332 g/mol. The number of hydrogen-bond donors (Lipinski definition) is 1. The van der Waals surface area contributed by atoms with Gasteiger partial charge in [-0.1, -0.05) is 31.0 Å². The van der Waals surface area contributed by atoms with Crippen LogP contribution in [0.5, 0.6) is 0 Å². The highest BCUT2D eigenvalue weighted by molar-refractivity contribution is 6.31. The molecule has 6 heteroatoms. The largest absolute Gasteiger partial charge is 0.342 e.